The minimum atomic E-state index is -0.0156. The first-order valence-electron chi connectivity index (χ1n) is 34.9. The molecule has 554 valence electrons. The number of aromatic nitrogens is 15. The summed E-state index contributed by atoms with van der Waals surface area (Å²) in [6, 6.07) is 40.0. The zero-order valence-electron chi connectivity index (χ0n) is 66.8. The van der Waals surface area contributed by atoms with Crippen LogP contribution in [-0.4, -0.2) is 88.2 Å². The smallest absolute Gasteiger partial charge is 0.254 e. The van der Waals surface area contributed by atoms with Crippen molar-refractivity contribution in [3.63, 3.8) is 0 Å². The zero-order chi connectivity index (χ0) is 76.8. The third-order valence-corrected chi connectivity index (χ3v) is 14.9. The molecular formula is C83H117N15O5. The summed E-state index contributed by atoms with van der Waals surface area (Å²) in [6.45, 7) is 54.8. The highest BCUT2D eigenvalue weighted by Crippen LogP contribution is 2.28. The van der Waals surface area contributed by atoms with Crippen LogP contribution in [0.1, 0.15) is 189 Å². The van der Waals surface area contributed by atoms with Gasteiger partial charge in [0.1, 0.15) is 17.3 Å². The number of pyridine rings is 1. The Balaban J connectivity index is 0.000000213. The summed E-state index contributed by atoms with van der Waals surface area (Å²) in [6.07, 6.45) is 24.9. The molecule has 0 saturated carbocycles. The fraction of sp³-hybridized carbons (Fsp3) is 0.434. The predicted octanol–water partition coefficient (Wildman–Crippen LogP) is 20.6. The van der Waals surface area contributed by atoms with Gasteiger partial charge < -0.3 is 23.3 Å². The molecule has 0 aliphatic carbocycles. The van der Waals surface area contributed by atoms with E-state index in [9.17, 15) is 0 Å². The molecule has 0 amide bonds. The maximum Gasteiger partial charge on any atom is 0.254 e. The highest BCUT2D eigenvalue weighted by Gasteiger charge is 2.22. The topological polar surface area (TPSA) is 200 Å². The maximum atomic E-state index is 5.67. The summed E-state index contributed by atoms with van der Waals surface area (Å²) < 4.78 is 37.4. The highest BCUT2D eigenvalue weighted by atomic mass is 16.5. The van der Waals surface area contributed by atoms with Gasteiger partial charge in [-0.15, -0.1) is 0 Å². The Hall–Kier alpha value is -10.1. The fourth-order valence-electron chi connectivity index (χ4n) is 8.63. The van der Waals surface area contributed by atoms with Crippen molar-refractivity contribution in [1.29, 1.82) is 0 Å². The van der Waals surface area contributed by atoms with E-state index >= 15 is 0 Å². The van der Waals surface area contributed by atoms with E-state index in [0.29, 0.717) is 5.88 Å². The Morgan fingerprint density at radius 3 is 0.990 bits per heavy atom. The summed E-state index contributed by atoms with van der Waals surface area (Å²) in [7, 11) is 3.22. The fourth-order valence-corrected chi connectivity index (χ4v) is 8.63. The van der Waals surface area contributed by atoms with Gasteiger partial charge in [-0.05, 0) is 185 Å². The Labute approximate surface area is 613 Å². The number of nitrogens with zero attached hydrogens (tertiary/aromatic N) is 15. The SMILES string of the molecule is CC(C)(C)n1cc(-c2ccccc2)cn1.CC(C)(C)n1cc(-c2ccccc2)cn1.CC(C)(C)n1cc(-c2ccccn2)cn1.CC(C)(C)n1cc(Oc2ccccc2)cn1.COc1cc(C(C)(C)C)on1.COc1cnn(C(C)(C)C)c1.Cc1cc(C(C)(C)C)on1.Cc1cnn(C(C)(C)C)c1. The van der Waals surface area contributed by atoms with E-state index in [4.69, 9.17) is 23.3 Å². The van der Waals surface area contributed by atoms with Crippen molar-refractivity contribution < 1.29 is 23.3 Å². The Morgan fingerprint density at radius 2 is 0.680 bits per heavy atom. The molecule has 0 fully saturated rings. The van der Waals surface area contributed by atoms with Gasteiger partial charge in [0.05, 0.1) is 108 Å². The molecular weight excluding hydrogens is 1290 g/mol. The van der Waals surface area contributed by atoms with E-state index in [0.717, 1.165) is 45.7 Å². The summed E-state index contributed by atoms with van der Waals surface area (Å²) in [4.78, 5) is 4.29. The summed E-state index contributed by atoms with van der Waals surface area (Å²) >= 11 is 0. The van der Waals surface area contributed by atoms with Gasteiger partial charge in [0.25, 0.3) is 5.88 Å². The molecule has 0 aliphatic rings. The van der Waals surface area contributed by atoms with Crippen LogP contribution in [0.2, 0.25) is 0 Å². The number of benzene rings is 3. The maximum absolute atomic E-state index is 5.67. The molecule has 0 atom stereocenters. The van der Waals surface area contributed by atoms with Crippen molar-refractivity contribution in [3.8, 4) is 56.6 Å². The molecule has 9 heterocycles. The lowest BCUT2D eigenvalue weighted by molar-refractivity contribution is 0.301. The number of aryl methyl sites for hydroxylation is 2. The lowest BCUT2D eigenvalue weighted by Gasteiger charge is -2.18. The third kappa shape index (κ3) is 28.3. The van der Waals surface area contributed by atoms with Gasteiger partial charge in [0.2, 0.25) is 0 Å². The van der Waals surface area contributed by atoms with Gasteiger partial charge in [0.15, 0.2) is 11.5 Å². The zero-order valence-corrected chi connectivity index (χ0v) is 66.8. The molecule has 0 bridgehead atoms. The van der Waals surface area contributed by atoms with Crippen LogP contribution in [0.25, 0.3) is 33.5 Å². The molecule has 0 N–H and O–H groups in total. The quantitative estimate of drug-likeness (QED) is 0.146. The van der Waals surface area contributed by atoms with E-state index < -0.39 is 0 Å². The normalized spacial score (nSPS) is 11.7. The summed E-state index contributed by atoms with van der Waals surface area (Å²) in [5.41, 5.74) is 9.32. The molecule has 12 rings (SSSR count). The van der Waals surface area contributed by atoms with Crippen LogP contribution in [0.5, 0.6) is 23.1 Å². The first-order valence-corrected chi connectivity index (χ1v) is 34.9. The predicted molar refractivity (Wildman–Crippen MR) is 417 cm³/mol. The van der Waals surface area contributed by atoms with E-state index in [1.165, 1.54) is 27.8 Å². The van der Waals surface area contributed by atoms with Crippen molar-refractivity contribution in [2.45, 2.75) is 224 Å². The van der Waals surface area contributed by atoms with Crippen LogP contribution >= 0.6 is 0 Å². The second-order valence-corrected chi connectivity index (χ2v) is 32.9. The van der Waals surface area contributed by atoms with Crippen molar-refractivity contribution >= 4 is 0 Å². The van der Waals surface area contributed by atoms with Crippen molar-refractivity contribution in [2.24, 2.45) is 0 Å². The summed E-state index contributed by atoms with van der Waals surface area (Å²) in [5, 5.41) is 33.2. The Kier molecular flexibility index (Phi) is 29.3. The van der Waals surface area contributed by atoms with Crippen molar-refractivity contribution in [3.05, 3.63) is 225 Å². The minimum absolute atomic E-state index is 0.00375. The van der Waals surface area contributed by atoms with Crippen LogP contribution in [0.4, 0.5) is 0 Å². The van der Waals surface area contributed by atoms with E-state index in [1.807, 2.05) is 169 Å². The van der Waals surface area contributed by atoms with Gasteiger partial charge in [-0.1, -0.05) is 132 Å². The van der Waals surface area contributed by atoms with Crippen LogP contribution in [0.15, 0.2) is 211 Å². The first kappa shape index (κ1) is 83.6. The standard InChI is InChI=1S/C13H16N2O.2C13H16N2.C12H15N3.C8H14N2O.C8H14N2.C8H13NO2.C8H13NO/c1-13(2,3)15-10-12(9-14-15)16-11-7-5-4-6-8-11;2*1-13(2,3)15-10-12(9-14-15)11-7-5-4-6-8-11;1-12(2,3)15-9-10(8-14-15)11-6-4-5-7-13-11;1-8(2,3)10-6-7(11-4)5-9-10;1-7-5-9-10(6-7)8(2,3)4;1-8(2,3)6-5-7(10-4)9-11-6;1-6-5-7(10-9-6)8(2,3)4/h4-10H,1-3H3;2*4-10H,1-3H3;4-9H,1-3H3;5-6H,1-4H3;5-6H,1-4H3;5H,1-4H3;5H,1-4H3. The Morgan fingerprint density at radius 1 is 0.320 bits per heavy atom. The number of para-hydroxylation sites is 1. The molecule has 12 aromatic rings. The molecule has 0 unspecified atom stereocenters. The highest BCUT2D eigenvalue weighted by molar-refractivity contribution is 5.62. The summed E-state index contributed by atoms with van der Waals surface area (Å²) in [5.74, 6) is 4.73. The molecule has 20 nitrogen and oxygen atoms in total. The van der Waals surface area contributed by atoms with Crippen LogP contribution in [0, 0.1) is 13.8 Å². The molecule has 20 heteroatoms. The largest absolute Gasteiger partial charge is 0.493 e. The van der Waals surface area contributed by atoms with E-state index in [2.05, 4.69) is 262 Å². The number of ether oxygens (including phenoxy) is 3. The van der Waals surface area contributed by atoms with E-state index in [1.54, 1.807) is 38.9 Å². The Bertz CT molecular complexity index is 4010. The van der Waals surface area contributed by atoms with Gasteiger partial charge in [-0.25, -0.2) is 0 Å². The van der Waals surface area contributed by atoms with Crippen LogP contribution < -0.4 is 14.2 Å². The average molecular weight is 1400 g/mol. The molecule has 0 radical (unpaired) electrons. The molecule has 9 aromatic heterocycles. The average Bonchev–Trinajstić information content (AvgIpc) is 1.22. The van der Waals surface area contributed by atoms with Gasteiger partial charge >= 0.3 is 0 Å². The minimum Gasteiger partial charge on any atom is -0.493 e. The van der Waals surface area contributed by atoms with Gasteiger partial charge in [0, 0.05) is 70.6 Å². The molecule has 0 aliphatic heterocycles. The second-order valence-electron chi connectivity index (χ2n) is 32.9. The van der Waals surface area contributed by atoms with Crippen LogP contribution in [-0.2, 0) is 44.1 Å². The molecule has 103 heavy (non-hydrogen) atoms. The first-order chi connectivity index (χ1) is 47.8. The van der Waals surface area contributed by atoms with Crippen molar-refractivity contribution in [1.82, 2.24) is 74.0 Å². The molecule has 0 spiro atoms. The monoisotopic (exact) mass is 1400 g/mol. The lowest BCUT2D eigenvalue weighted by atomic mass is 9.93. The third-order valence-electron chi connectivity index (χ3n) is 14.9. The lowest BCUT2D eigenvalue weighted by Crippen LogP contribution is -2.21. The van der Waals surface area contributed by atoms with Gasteiger partial charge in [-0.3, -0.25) is 33.1 Å². The number of methoxy groups -OCH3 is 2. The molecule has 0 saturated heterocycles. The van der Waals surface area contributed by atoms with Crippen molar-refractivity contribution in [2.75, 3.05) is 14.2 Å². The van der Waals surface area contributed by atoms with E-state index in [-0.39, 0.29) is 44.1 Å². The second kappa shape index (κ2) is 36.2. The molecule has 3 aromatic carbocycles. The number of hydrogen-bond acceptors (Lipinski definition) is 14. The number of hydrogen-bond donors (Lipinski definition) is 0. The van der Waals surface area contributed by atoms with Gasteiger partial charge in [-0.2, -0.15) is 30.6 Å². The number of rotatable bonds is 7. The van der Waals surface area contributed by atoms with Crippen LogP contribution in [0.3, 0.4) is 0 Å².